The first kappa shape index (κ1) is 21.7. The van der Waals surface area contributed by atoms with E-state index >= 15 is 0 Å². The summed E-state index contributed by atoms with van der Waals surface area (Å²) < 4.78 is 7.01. The molecule has 0 radical (unpaired) electrons. The van der Waals surface area contributed by atoms with E-state index in [9.17, 15) is 4.79 Å². The van der Waals surface area contributed by atoms with E-state index in [0.29, 0.717) is 15.8 Å². The van der Waals surface area contributed by atoms with Crippen molar-refractivity contribution in [2.24, 2.45) is 4.99 Å². The predicted octanol–water partition coefficient (Wildman–Crippen LogP) is 7.42. The van der Waals surface area contributed by atoms with Crippen LogP contribution in [0.2, 0.25) is 0 Å². The van der Waals surface area contributed by atoms with Gasteiger partial charge in [0.1, 0.15) is 11.5 Å². The second kappa shape index (κ2) is 9.28. The van der Waals surface area contributed by atoms with Crippen LogP contribution >= 0.6 is 27.7 Å². The van der Waals surface area contributed by atoms with Crippen molar-refractivity contribution in [2.75, 3.05) is 0 Å². The molecule has 0 saturated carbocycles. The summed E-state index contributed by atoms with van der Waals surface area (Å²) in [5.74, 6) is 1.38. The Morgan fingerprint density at radius 1 is 1.10 bits per heavy atom. The molecule has 1 aliphatic heterocycles. The topological polar surface area (TPSA) is 45.8 Å². The molecule has 4 nitrogen and oxygen atoms in total. The van der Waals surface area contributed by atoms with Gasteiger partial charge in [-0.25, -0.2) is 4.99 Å². The summed E-state index contributed by atoms with van der Waals surface area (Å²) in [7, 11) is 0. The SMILES string of the molecule is CC[C@H](C)N1C(=O)/C(=C\c2ccc(-c3ccc(Br)cc3)o2)SC1=Nc1ccc(C)cc1. The summed E-state index contributed by atoms with van der Waals surface area (Å²) in [6, 6.07) is 19.8. The molecular formula is C25H23BrN2O2S. The van der Waals surface area contributed by atoms with E-state index in [0.717, 1.165) is 27.9 Å². The second-order valence-electron chi connectivity index (χ2n) is 7.48. The van der Waals surface area contributed by atoms with Gasteiger partial charge in [-0.3, -0.25) is 9.69 Å². The minimum atomic E-state index is -0.0354. The molecular weight excluding hydrogens is 472 g/mol. The van der Waals surface area contributed by atoms with Gasteiger partial charge in [0.2, 0.25) is 0 Å². The monoisotopic (exact) mass is 494 g/mol. The number of amides is 1. The van der Waals surface area contributed by atoms with Crippen molar-refractivity contribution in [1.82, 2.24) is 4.90 Å². The number of aliphatic imine (C=N–C) groups is 1. The average Bonchev–Trinajstić information content (AvgIpc) is 3.35. The third-order valence-corrected chi connectivity index (χ3v) is 6.67. The number of benzene rings is 2. The zero-order valence-corrected chi connectivity index (χ0v) is 20.0. The molecule has 0 unspecified atom stereocenters. The first-order valence-electron chi connectivity index (χ1n) is 10.2. The van der Waals surface area contributed by atoms with Crippen molar-refractivity contribution in [3.8, 4) is 11.3 Å². The van der Waals surface area contributed by atoms with Crippen molar-refractivity contribution in [2.45, 2.75) is 33.2 Å². The van der Waals surface area contributed by atoms with Gasteiger partial charge in [-0.1, -0.05) is 52.7 Å². The fourth-order valence-electron chi connectivity index (χ4n) is 3.19. The van der Waals surface area contributed by atoms with Crippen LogP contribution in [0.5, 0.6) is 0 Å². The Morgan fingerprint density at radius 2 is 1.81 bits per heavy atom. The molecule has 158 valence electrons. The summed E-state index contributed by atoms with van der Waals surface area (Å²) in [4.78, 5) is 20.4. The number of nitrogens with zero attached hydrogens (tertiary/aromatic N) is 2. The molecule has 0 N–H and O–H groups in total. The van der Waals surface area contributed by atoms with E-state index in [1.165, 1.54) is 17.3 Å². The highest BCUT2D eigenvalue weighted by Crippen LogP contribution is 2.36. The van der Waals surface area contributed by atoms with E-state index in [2.05, 4.69) is 22.9 Å². The largest absolute Gasteiger partial charge is 0.457 e. The summed E-state index contributed by atoms with van der Waals surface area (Å²) in [5, 5.41) is 0.703. The van der Waals surface area contributed by atoms with E-state index in [1.54, 1.807) is 4.90 Å². The highest BCUT2D eigenvalue weighted by atomic mass is 79.9. The van der Waals surface area contributed by atoms with Gasteiger partial charge in [0.15, 0.2) is 5.17 Å². The molecule has 1 fully saturated rings. The maximum absolute atomic E-state index is 13.2. The normalized spacial score (nSPS) is 17.7. The predicted molar refractivity (Wildman–Crippen MR) is 132 cm³/mol. The number of aryl methyl sites for hydroxylation is 1. The molecule has 4 rings (SSSR count). The minimum absolute atomic E-state index is 0.0354. The molecule has 1 atom stereocenters. The quantitative estimate of drug-likeness (QED) is 0.346. The number of furan rings is 1. The van der Waals surface area contributed by atoms with Gasteiger partial charge in [-0.05, 0) is 68.4 Å². The minimum Gasteiger partial charge on any atom is -0.457 e. The second-order valence-corrected chi connectivity index (χ2v) is 9.41. The van der Waals surface area contributed by atoms with Crippen LogP contribution in [0.4, 0.5) is 5.69 Å². The van der Waals surface area contributed by atoms with Crippen molar-refractivity contribution in [3.05, 3.63) is 81.4 Å². The summed E-state index contributed by atoms with van der Waals surface area (Å²) in [6.07, 6.45) is 2.66. The number of carbonyl (C=O) groups excluding carboxylic acids is 1. The van der Waals surface area contributed by atoms with E-state index in [-0.39, 0.29) is 11.9 Å². The van der Waals surface area contributed by atoms with Gasteiger partial charge in [0.05, 0.1) is 10.6 Å². The lowest BCUT2D eigenvalue weighted by Gasteiger charge is -2.22. The average molecular weight is 495 g/mol. The molecule has 6 heteroatoms. The number of halogens is 1. The number of hydrogen-bond donors (Lipinski definition) is 0. The fraction of sp³-hybridized carbons (Fsp3) is 0.200. The lowest BCUT2D eigenvalue weighted by Crippen LogP contribution is -2.36. The molecule has 3 aromatic rings. The van der Waals surface area contributed by atoms with Crippen LogP contribution < -0.4 is 0 Å². The first-order chi connectivity index (χ1) is 14.9. The molecule has 31 heavy (non-hydrogen) atoms. The Labute approximate surface area is 195 Å². The number of thioether (sulfide) groups is 1. The standard InChI is InChI=1S/C25H23BrN2O2S/c1-4-17(3)28-24(29)23(31-25(28)27-20-11-5-16(2)6-12-20)15-21-13-14-22(30-21)18-7-9-19(26)10-8-18/h5-15,17H,4H2,1-3H3/b23-15+,27-25?/t17-/m0/s1. The Bertz CT molecular complexity index is 1150. The van der Waals surface area contributed by atoms with Gasteiger partial charge >= 0.3 is 0 Å². The number of amidine groups is 1. The van der Waals surface area contributed by atoms with E-state index in [1.807, 2.05) is 80.6 Å². The summed E-state index contributed by atoms with van der Waals surface area (Å²) in [6.45, 7) is 6.17. The van der Waals surface area contributed by atoms with Crippen LogP contribution in [0.15, 0.2) is 79.5 Å². The van der Waals surface area contributed by atoms with Gasteiger partial charge in [-0.15, -0.1) is 0 Å². The Kier molecular flexibility index (Phi) is 6.49. The Balaban J connectivity index is 1.64. The zero-order valence-electron chi connectivity index (χ0n) is 17.6. The van der Waals surface area contributed by atoms with Gasteiger partial charge in [-0.2, -0.15) is 0 Å². The first-order valence-corrected chi connectivity index (χ1v) is 11.8. The molecule has 0 aliphatic carbocycles. The van der Waals surface area contributed by atoms with Crippen LogP contribution in [0, 0.1) is 6.92 Å². The van der Waals surface area contributed by atoms with Crippen LogP contribution in [0.3, 0.4) is 0 Å². The molecule has 1 aromatic heterocycles. The summed E-state index contributed by atoms with van der Waals surface area (Å²) in [5.41, 5.74) is 3.00. The number of carbonyl (C=O) groups is 1. The van der Waals surface area contributed by atoms with Crippen LogP contribution in [0.1, 0.15) is 31.6 Å². The lowest BCUT2D eigenvalue weighted by molar-refractivity contribution is -0.123. The van der Waals surface area contributed by atoms with Crippen LogP contribution in [-0.4, -0.2) is 22.0 Å². The molecule has 2 heterocycles. The number of rotatable bonds is 5. The fourth-order valence-corrected chi connectivity index (χ4v) is 4.53. The van der Waals surface area contributed by atoms with Crippen molar-refractivity contribution >= 4 is 50.5 Å². The van der Waals surface area contributed by atoms with Crippen molar-refractivity contribution in [1.29, 1.82) is 0 Å². The molecule has 0 bridgehead atoms. The molecule has 1 aliphatic rings. The van der Waals surface area contributed by atoms with Gasteiger partial charge < -0.3 is 4.42 Å². The lowest BCUT2D eigenvalue weighted by atomic mass is 10.2. The van der Waals surface area contributed by atoms with E-state index in [4.69, 9.17) is 9.41 Å². The van der Waals surface area contributed by atoms with E-state index < -0.39 is 0 Å². The molecule has 1 amide bonds. The number of hydrogen-bond acceptors (Lipinski definition) is 4. The highest BCUT2D eigenvalue weighted by Gasteiger charge is 2.36. The van der Waals surface area contributed by atoms with Crippen LogP contribution in [0.25, 0.3) is 17.4 Å². The molecule has 1 saturated heterocycles. The Morgan fingerprint density at radius 3 is 2.48 bits per heavy atom. The molecule has 2 aromatic carbocycles. The highest BCUT2D eigenvalue weighted by molar-refractivity contribution is 9.10. The maximum atomic E-state index is 13.2. The molecule has 0 spiro atoms. The maximum Gasteiger partial charge on any atom is 0.267 e. The van der Waals surface area contributed by atoms with Gasteiger partial charge in [0, 0.05) is 22.2 Å². The van der Waals surface area contributed by atoms with Crippen molar-refractivity contribution < 1.29 is 9.21 Å². The summed E-state index contributed by atoms with van der Waals surface area (Å²) >= 11 is 4.84. The Hall–Kier alpha value is -2.57. The van der Waals surface area contributed by atoms with Gasteiger partial charge in [0.25, 0.3) is 5.91 Å². The third-order valence-electron chi connectivity index (χ3n) is 5.16. The third kappa shape index (κ3) is 4.86. The van der Waals surface area contributed by atoms with Crippen LogP contribution in [-0.2, 0) is 4.79 Å². The zero-order chi connectivity index (χ0) is 22.0. The smallest absolute Gasteiger partial charge is 0.267 e. The van der Waals surface area contributed by atoms with Crippen molar-refractivity contribution in [3.63, 3.8) is 0 Å².